The maximum absolute atomic E-state index is 13.2. The number of carbonyl (C=O) groups is 1. The zero-order chi connectivity index (χ0) is 17.1. The number of aromatic nitrogens is 1. The van der Waals surface area contributed by atoms with Crippen molar-refractivity contribution in [2.75, 3.05) is 5.32 Å². The molecule has 5 nitrogen and oxygen atoms in total. The molecule has 1 N–H and O–H groups in total. The van der Waals surface area contributed by atoms with Gasteiger partial charge in [-0.3, -0.25) is 9.59 Å². The quantitative estimate of drug-likeness (QED) is 0.806. The number of halogens is 1. The molecule has 3 rings (SSSR count). The third-order valence-electron chi connectivity index (χ3n) is 3.53. The standard InChI is InChI=1S/C18H12FN3O2/c19-13-4-3-5-14(8-13)21-17(23)11-22-10-12(9-20)18(24)15-6-1-2-7-16(15)22/h1-8,10H,11H2,(H,21,23). The van der Waals surface area contributed by atoms with Crippen LogP contribution in [0.1, 0.15) is 5.56 Å². The molecule has 0 aliphatic rings. The molecule has 0 saturated heterocycles. The summed E-state index contributed by atoms with van der Waals surface area (Å²) in [6.45, 7) is -0.105. The molecule has 24 heavy (non-hydrogen) atoms. The van der Waals surface area contributed by atoms with Crippen molar-refractivity contribution >= 4 is 22.5 Å². The summed E-state index contributed by atoms with van der Waals surface area (Å²) >= 11 is 0. The van der Waals surface area contributed by atoms with E-state index in [2.05, 4.69) is 5.32 Å². The number of anilines is 1. The third kappa shape index (κ3) is 3.01. The van der Waals surface area contributed by atoms with Crippen LogP contribution in [0.3, 0.4) is 0 Å². The van der Waals surface area contributed by atoms with Gasteiger partial charge in [-0.2, -0.15) is 5.26 Å². The lowest BCUT2D eigenvalue weighted by molar-refractivity contribution is -0.116. The number of nitrogens with one attached hydrogen (secondary N) is 1. The van der Waals surface area contributed by atoms with Crippen LogP contribution in [0.15, 0.2) is 59.5 Å². The topological polar surface area (TPSA) is 74.9 Å². The number of carbonyl (C=O) groups excluding carboxylic acids is 1. The minimum Gasteiger partial charge on any atom is -0.336 e. The van der Waals surface area contributed by atoms with E-state index < -0.39 is 11.7 Å². The van der Waals surface area contributed by atoms with Gasteiger partial charge in [0.05, 0.1) is 5.52 Å². The second-order valence-electron chi connectivity index (χ2n) is 5.19. The normalized spacial score (nSPS) is 10.3. The highest BCUT2D eigenvalue weighted by molar-refractivity contribution is 5.91. The summed E-state index contributed by atoms with van der Waals surface area (Å²) in [5.74, 6) is -0.841. The zero-order valence-electron chi connectivity index (χ0n) is 12.5. The number of nitrogens with zero attached hydrogens (tertiary/aromatic N) is 2. The predicted molar refractivity (Wildman–Crippen MR) is 88.0 cm³/mol. The number of para-hydroxylation sites is 1. The summed E-state index contributed by atoms with van der Waals surface area (Å²) in [4.78, 5) is 24.4. The molecule has 0 spiro atoms. The average molecular weight is 321 g/mol. The SMILES string of the molecule is N#Cc1cn(CC(=O)Nc2cccc(F)c2)c2ccccc2c1=O. The molecule has 1 heterocycles. The first-order valence-electron chi connectivity index (χ1n) is 7.16. The molecule has 0 atom stereocenters. The Morgan fingerprint density at radius 1 is 1.21 bits per heavy atom. The van der Waals surface area contributed by atoms with Gasteiger partial charge in [-0.25, -0.2) is 4.39 Å². The molecule has 6 heteroatoms. The number of pyridine rings is 1. The van der Waals surface area contributed by atoms with Crippen molar-refractivity contribution in [3.63, 3.8) is 0 Å². The lowest BCUT2D eigenvalue weighted by atomic mass is 10.1. The average Bonchev–Trinajstić information content (AvgIpc) is 2.57. The highest BCUT2D eigenvalue weighted by Gasteiger charge is 2.11. The van der Waals surface area contributed by atoms with Crippen molar-refractivity contribution < 1.29 is 9.18 Å². The molecule has 2 aromatic carbocycles. The summed E-state index contributed by atoms with van der Waals surface area (Å²) in [6, 6.07) is 14.2. The molecule has 118 valence electrons. The number of rotatable bonds is 3. The summed E-state index contributed by atoms with van der Waals surface area (Å²) < 4.78 is 14.7. The molecule has 0 radical (unpaired) electrons. The van der Waals surface area contributed by atoms with E-state index in [4.69, 9.17) is 5.26 Å². The molecule has 0 aliphatic carbocycles. The van der Waals surface area contributed by atoms with Crippen LogP contribution in [-0.4, -0.2) is 10.5 Å². The van der Waals surface area contributed by atoms with Gasteiger partial charge < -0.3 is 9.88 Å². The largest absolute Gasteiger partial charge is 0.336 e. The first kappa shape index (κ1) is 15.4. The van der Waals surface area contributed by atoms with Gasteiger partial charge in [0.15, 0.2) is 0 Å². The van der Waals surface area contributed by atoms with Crippen LogP contribution in [0.2, 0.25) is 0 Å². The summed E-state index contributed by atoms with van der Waals surface area (Å²) in [5, 5.41) is 12.1. The summed E-state index contributed by atoms with van der Waals surface area (Å²) in [6.07, 6.45) is 1.36. The monoisotopic (exact) mass is 321 g/mol. The van der Waals surface area contributed by atoms with E-state index in [1.54, 1.807) is 30.3 Å². The number of hydrogen-bond donors (Lipinski definition) is 1. The smallest absolute Gasteiger partial charge is 0.244 e. The molecule has 0 bridgehead atoms. The number of benzene rings is 2. The van der Waals surface area contributed by atoms with Crippen molar-refractivity contribution in [1.29, 1.82) is 5.26 Å². The minimum absolute atomic E-state index is 0.0349. The van der Waals surface area contributed by atoms with Crippen molar-refractivity contribution in [1.82, 2.24) is 4.57 Å². The van der Waals surface area contributed by atoms with Crippen molar-refractivity contribution in [2.24, 2.45) is 0 Å². The fraction of sp³-hybridized carbons (Fsp3) is 0.0556. The van der Waals surface area contributed by atoms with Gasteiger partial charge in [0, 0.05) is 17.3 Å². The Bertz CT molecular complexity index is 1030. The van der Waals surface area contributed by atoms with Crippen LogP contribution >= 0.6 is 0 Å². The van der Waals surface area contributed by atoms with Crippen LogP contribution in [0.5, 0.6) is 0 Å². The van der Waals surface area contributed by atoms with Crippen LogP contribution in [0, 0.1) is 17.1 Å². The van der Waals surface area contributed by atoms with Gasteiger partial charge in [0.2, 0.25) is 11.3 Å². The molecule has 1 amide bonds. The fourth-order valence-electron chi connectivity index (χ4n) is 2.48. The van der Waals surface area contributed by atoms with Crippen LogP contribution in [-0.2, 0) is 11.3 Å². The van der Waals surface area contributed by atoms with E-state index in [1.165, 1.54) is 29.0 Å². The Hall–Kier alpha value is -3.46. The van der Waals surface area contributed by atoms with E-state index in [1.807, 2.05) is 6.07 Å². The Labute approximate surface area is 136 Å². The van der Waals surface area contributed by atoms with Gasteiger partial charge in [0.25, 0.3) is 0 Å². The minimum atomic E-state index is -0.451. The van der Waals surface area contributed by atoms with Gasteiger partial charge in [-0.1, -0.05) is 18.2 Å². The number of amides is 1. The van der Waals surface area contributed by atoms with E-state index in [9.17, 15) is 14.0 Å². The van der Waals surface area contributed by atoms with Gasteiger partial charge in [0.1, 0.15) is 24.0 Å². The van der Waals surface area contributed by atoms with Gasteiger partial charge in [-0.15, -0.1) is 0 Å². The van der Waals surface area contributed by atoms with Crippen molar-refractivity contribution in [2.45, 2.75) is 6.54 Å². The molecule has 0 aliphatic heterocycles. The number of hydrogen-bond acceptors (Lipinski definition) is 3. The maximum Gasteiger partial charge on any atom is 0.244 e. The Balaban J connectivity index is 1.95. The lowest BCUT2D eigenvalue weighted by Gasteiger charge is -2.12. The molecular weight excluding hydrogens is 309 g/mol. The van der Waals surface area contributed by atoms with Crippen LogP contribution in [0.4, 0.5) is 10.1 Å². The Morgan fingerprint density at radius 2 is 2.00 bits per heavy atom. The molecular formula is C18H12FN3O2. The predicted octanol–water partition coefficient (Wildman–Crippen LogP) is 2.65. The molecule has 1 aromatic heterocycles. The number of fused-ring (bicyclic) bond motifs is 1. The lowest BCUT2D eigenvalue weighted by Crippen LogP contribution is -2.21. The summed E-state index contributed by atoms with van der Waals surface area (Å²) in [5.41, 5.74) is 0.490. The molecule has 0 saturated carbocycles. The van der Waals surface area contributed by atoms with E-state index in [0.29, 0.717) is 16.6 Å². The fourth-order valence-corrected chi connectivity index (χ4v) is 2.48. The van der Waals surface area contributed by atoms with E-state index in [-0.39, 0.29) is 17.5 Å². The molecule has 3 aromatic rings. The molecule has 0 unspecified atom stereocenters. The zero-order valence-corrected chi connectivity index (χ0v) is 12.5. The first-order valence-corrected chi connectivity index (χ1v) is 7.16. The van der Waals surface area contributed by atoms with Crippen LogP contribution in [0.25, 0.3) is 10.9 Å². The highest BCUT2D eigenvalue weighted by Crippen LogP contribution is 2.13. The Kier molecular flexibility index (Phi) is 4.08. The maximum atomic E-state index is 13.2. The first-order chi connectivity index (χ1) is 11.6. The summed E-state index contributed by atoms with van der Waals surface area (Å²) in [7, 11) is 0. The molecule has 0 fully saturated rings. The Morgan fingerprint density at radius 3 is 2.75 bits per heavy atom. The van der Waals surface area contributed by atoms with Crippen molar-refractivity contribution in [3.8, 4) is 6.07 Å². The van der Waals surface area contributed by atoms with Crippen molar-refractivity contribution in [3.05, 3.63) is 76.3 Å². The van der Waals surface area contributed by atoms with E-state index in [0.717, 1.165) is 0 Å². The van der Waals surface area contributed by atoms with Gasteiger partial charge >= 0.3 is 0 Å². The van der Waals surface area contributed by atoms with Crippen LogP contribution < -0.4 is 10.7 Å². The number of nitriles is 1. The highest BCUT2D eigenvalue weighted by atomic mass is 19.1. The second-order valence-corrected chi connectivity index (χ2v) is 5.19. The second kappa shape index (κ2) is 6.34. The third-order valence-corrected chi connectivity index (χ3v) is 3.53. The van der Waals surface area contributed by atoms with E-state index >= 15 is 0 Å². The van der Waals surface area contributed by atoms with Gasteiger partial charge in [-0.05, 0) is 30.3 Å².